The highest BCUT2D eigenvalue weighted by atomic mass is 16.6. The van der Waals surface area contributed by atoms with Gasteiger partial charge in [-0.15, -0.1) is 0 Å². The van der Waals surface area contributed by atoms with Gasteiger partial charge in [0.15, 0.2) is 11.5 Å². The van der Waals surface area contributed by atoms with Gasteiger partial charge >= 0.3 is 0 Å². The molecule has 0 radical (unpaired) electrons. The monoisotopic (exact) mass is 536 g/mol. The fraction of sp³-hybridized carbons (Fsp3) is 0.281. The lowest BCUT2D eigenvalue weighted by Crippen LogP contribution is -2.29. The number of carbonyl (C=O) groups excluding carboxylic acids is 2. The average molecular weight is 537 g/mol. The molecule has 0 atom stereocenters. The molecule has 1 saturated heterocycles. The van der Waals surface area contributed by atoms with E-state index in [0.717, 1.165) is 41.8 Å². The van der Waals surface area contributed by atoms with E-state index in [2.05, 4.69) is 21.6 Å². The number of anilines is 2. The molecular formula is C32H32N4O4. The molecule has 204 valence electrons. The first-order valence-electron chi connectivity index (χ1n) is 13.8. The Morgan fingerprint density at radius 1 is 0.800 bits per heavy atom. The summed E-state index contributed by atoms with van der Waals surface area (Å²) in [5.74, 6) is 0.683. The quantitative estimate of drug-likeness (QED) is 0.323. The van der Waals surface area contributed by atoms with Crippen molar-refractivity contribution in [1.29, 1.82) is 0 Å². The smallest absolute Gasteiger partial charge is 0.255 e. The van der Waals surface area contributed by atoms with Crippen molar-refractivity contribution < 1.29 is 19.1 Å². The summed E-state index contributed by atoms with van der Waals surface area (Å²) in [5.41, 5.74) is 5.02. The highest BCUT2D eigenvalue weighted by molar-refractivity contribution is 6.08. The Balaban J connectivity index is 1.14. The van der Waals surface area contributed by atoms with Gasteiger partial charge in [0, 0.05) is 34.4 Å². The van der Waals surface area contributed by atoms with Gasteiger partial charge in [-0.2, -0.15) is 0 Å². The molecule has 40 heavy (non-hydrogen) atoms. The van der Waals surface area contributed by atoms with Crippen molar-refractivity contribution in [2.75, 3.05) is 36.9 Å². The predicted molar refractivity (Wildman–Crippen MR) is 155 cm³/mol. The van der Waals surface area contributed by atoms with E-state index in [4.69, 9.17) is 14.5 Å². The third-order valence-electron chi connectivity index (χ3n) is 7.39. The molecule has 1 aromatic heterocycles. The molecule has 8 nitrogen and oxygen atoms in total. The third-order valence-corrected chi connectivity index (χ3v) is 7.39. The molecule has 0 saturated carbocycles. The normalized spacial score (nSPS) is 15.0. The predicted octanol–water partition coefficient (Wildman–Crippen LogP) is 5.80. The molecule has 4 aromatic rings. The second-order valence-electron chi connectivity index (χ2n) is 10.3. The van der Waals surface area contributed by atoms with E-state index >= 15 is 0 Å². The lowest BCUT2D eigenvalue weighted by atomic mass is 10.1. The third kappa shape index (κ3) is 5.77. The molecular weight excluding hydrogens is 504 g/mol. The van der Waals surface area contributed by atoms with Crippen LogP contribution in [-0.2, 0) is 6.54 Å². The molecule has 0 bridgehead atoms. The van der Waals surface area contributed by atoms with Crippen molar-refractivity contribution in [1.82, 2.24) is 9.88 Å². The summed E-state index contributed by atoms with van der Waals surface area (Å²) in [6, 6.07) is 20.2. The molecule has 0 spiro atoms. The van der Waals surface area contributed by atoms with Gasteiger partial charge in [-0.1, -0.05) is 18.6 Å². The number of pyridine rings is 1. The van der Waals surface area contributed by atoms with E-state index in [9.17, 15) is 9.59 Å². The van der Waals surface area contributed by atoms with Crippen LogP contribution in [-0.4, -0.2) is 48.0 Å². The van der Waals surface area contributed by atoms with Crippen molar-refractivity contribution >= 4 is 34.1 Å². The van der Waals surface area contributed by atoms with Gasteiger partial charge < -0.3 is 20.1 Å². The van der Waals surface area contributed by atoms with E-state index in [1.54, 1.807) is 30.3 Å². The number of piperidine rings is 1. The number of rotatable bonds is 6. The van der Waals surface area contributed by atoms with E-state index in [-0.39, 0.29) is 11.8 Å². The van der Waals surface area contributed by atoms with Gasteiger partial charge in [0.2, 0.25) is 0 Å². The Labute approximate surface area is 233 Å². The van der Waals surface area contributed by atoms with Gasteiger partial charge in [-0.25, -0.2) is 0 Å². The van der Waals surface area contributed by atoms with E-state index in [1.165, 1.54) is 19.3 Å². The van der Waals surface area contributed by atoms with Crippen LogP contribution in [0, 0.1) is 6.92 Å². The standard InChI is InChI=1S/C32H32N4O4/c1-21-5-9-25(34-31(37)24-8-12-29-30(18-24)40-16-15-39-29)19-28(21)35-32(38)23-7-11-27-22(17-23)6-10-26(33-27)20-36-13-3-2-4-14-36/h5-12,17-19H,2-4,13-16,20H2,1H3,(H,34,37)(H,35,38). The average Bonchev–Trinajstić information content (AvgIpc) is 2.98. The molecule has 1 fully saturated rings. The van der Waals surface area contributed by atoms with Crippen LogP contribution >= 0.6 is 0 Å². The number of carbonyl (C=O) groups is 2. The number of ether oxygens (including phenoxy) is 2. The van der Waals surface area contributed by atoms with Crippen LogP contribution in [0.5, 0.6) is 11.5 Å². The lowest BCUT2D eigenvalue weighted by molar-refractivity contribution is 0.101. The highest BCUT2D eigenvalue weighted by Gasteiger charge is 2.16. The van der Waals surface area contributed by atoms with Crippen LogP contribution in [0.15, 0.2) is 66.7 Å². The first-order valence-corrected chi connectivity index (χ1v) is 13.8. The number of aryl methyl sites for hydroxylation is 1. The number of hydrogen-bond donors (Lipinski definition) is 2. The molecule has 0 unspecified atom stereocenters. The number of likely N-dealkylation sites (tertiary alicyclic amines) is 1. The summed E-state index contributed by atoms with van der Waals surface area (Å²) in [7, 11) is 0. The van der Waals surface area contributed by atoms with Crippen LogP contribution in [0.3, 0.4) is 0 Å². The minimum Gasteiger partial charge on any atom is -0.486 e. The Morgan fingerprint density at radius 3 is 2.40 bits per heavy atom. The van der Waals surface area contributed by atoms with E-state index in [0.29, 0.717) is 47.2 Å². The van der Waals surface area contributed by atoms with Crippen LogP contribution < -0.4 is 20.1 Å². The SMILES string of the molecule is Cc1ccc(NC(=O)c2ccc3c(c2)OCCO3)cc1NC(=O)c1ccc2nc(CN3CCCCC3)ccc2c1. The maximum atomic E-state index is 13.2. The van der Waals surface area contributed by atoms with Crippen LogP contribution in [0.25, 0.3) is 10.9 Å². The number of aromatic nitrogens is 1. The molecule has 0 aliphatic carbocycles. The number of fused-ring (bicyclic) bond motifs is 2. The molecule has 2 aliphatic heterocycles. The molecule has 2 N–H and O–H groups in total. The van der Waals surface area contributed by atoms with Crippen molar-refractivity contribution in [3.8, 4) is 11.5 Å². The second kappa shape index (κ2) is 11.4. The Morgan fingerprint density at radius 2 is 1.55 bits per heavy atom. The molecule has 3 heterocycles. The molecule has 2 aliphatic rings. The number of benzene rings is 3. The van der Waals surface area contributed by atoms with Gasteiger partial charge in [-0.3, -0.25) is 19.5 Å². The lowest BCUT2D eigenvalue weighted by Gasteiger charge is -2.26. The van der Waals surface area contributed by atoms with Gasteiger partial charge in [0.1, 0.15) is 13.2 Å². The zero-order valence-electron chi connectivity index (χ0n) is 22.5. The van der Waals surface area contributed by atoms with Gasteiger partial charge in [0.25, 0.3) is 11.8 Å². The largest absolute Gasteiger partial charge is 0.486 e. The first kappa shape index (κ1) is 25.8. The van der Waals surface area contributed by atoms with Crippen LogP contribution in [0.2, 0.25) is 0 Å². The minimum absolute atomic E-state index is 0.224. The first-order chi connectivity index (χ1) is 19.5. The summed E-state index contributed by atoms with van der Waals surface area (Å²) < 4.78 is 11.1. The Kier molecular flexibility index (Phi) is 7.33. The number of nitrogens with zero attached hydrogens (tertiary/aromatic N) is 2. The summed E-state index contributed by atoms with van der Waals surface area (Å²) in [4.78, 5) is 33.4. The minimum atomic E-state index is -0.278. The summed E-state index contributed by atoms with van der Waals surface area (Å²) in [6.45, 7) is 5.97. The van der Waals surface area contributed by atoms with Crippen LogP contribution in [0.4, 0.5) is 11.4 Å². The number of amides is 2. The van der Waals surface area contributed by atoms with Crippen LogP contribution in [0.1, 0.15) is 51.2 Å². The maximum Gasteiger partial charge on any atom is 0.255 e. The molecule has 2 amide bonds. The Bertz CT molecular complexity index is 1580. The van der Waals surface area contributed by atoms with Gasteiger partial charge in [-0.05, 0) is 93.0 Å². The van der Waals surface area contributed by atoms with Crippen molar-refractivity contribution in [2.24, 2.45) is 0 Å². The molecule has 3 aromatic carbocycles. The second-order valence-corrected chi connectivity index (χ2v) is 10.3. The van der Waals surface area contributed by atoms with Crippen molar-refractivity contribution in [3.63, 3.8) is 0 Å². The zero-order valence-corrected chi connectivity index (χ0v) is 22.5. The maximum absolute atomic E-state index is 13.2. The summed E-state index contributed by atoms with van der Waals surface area (Å²) in [5, 5.41) is 6.83. The van der Waals surface area contributed by atoms with E-state index in [1.807, 2.05) is 37.3 Å². The highest BCUT2D eigenvalue weighted by Crippen LogP contribution is 2.31. The Hall–Kier alpha value is -4.43. The molecule has 6 rings (SSSR count). The summed E-state index contributed by atoms with van der Waals surface area (Å²) >= 11 is 0. The number of nitrogens with one attached hydrogen (secondary N) is 2. The van der Waals surface area contributed by atoms with Gasteiger partial charge in [0.05, 0.1) is 11.2 Å². The molecule has 8 heteroatoms. The number of hydrogen-bond acceptors (Lipinski definition) is 6. The fourth-order valence-corrected chi connectivity index (χ4v) is 5.16. The zero-order chi connectivity index (χ0) is 27.5. The van der Waals surface area contributed by atoms with Crippen molar-refractivity contribution in [3.05, 3.63) is 89.1 Å². The van der Waals surface area contributed by atoms with Crippen molar-refractivity contribution in [2.45, 2.75) is 32.7 Å². The fourth-order valence-electron chi connectivity index (χ4n) is 5.16. The topological polar surface area (TPSA) is 92.8 Å². The summed E-state index contributed by atoms with van der Waals surface area (Å²) in [6.07, 6.45) is 3.81. The van der Waals surface area contributed by atoms with E-state index < -0.39 is 0 Å².